The maximum Gasteiger partial charge on any atom is 0.189 e. The number of hydrogen-bond acceptors (Lipinski definition) is 3. The summed E-state index contributed by atoms with van der Waals surface area (Å²) in [4.78, 5) is 0. The second kappa shape index (κ2) is 5.14. The highest BCUT2D eigenvalue weighted by Crippen LogP contribution is 2.27. The van der Waals surface area contributed by atoms with Gasteiger partial charge in [-0.15, -0.1) is 0 Å². The molecule has 1 aliphatic heterocycles. The highest BCUT2D eigenvalue weighted by molar-refractivity contribution is 5.40. The van der Waals surface area contributed by atoms with Crippen LogP contribution in [0.1, 0.15) is 24.0 Å². The van der Waals surface area contributed by atoms with Crippen molar-refractivity contribution in [3.63, 3.8) is 0 Å². The van der Waals surface area contributed by atoms with Crippen molar-refractivity contribution in [3.8, 4) is 5.75 Å². The number of fused-ring (bicyclic) bond motifs is 1. The van der Waals surface area contributed by atoms with Crippen LogP contribution in [-0.4, -0.2) is 13.3 Å². The monoisotopic (exact) mass is 207 g/mol. The summed E-state index contributed by atoms with van der Waals surface area (Å²) in [5, 5.41) is 0. The van der Waals surface area contributed by atoms with Gasteiger partial charge in [0.1, 0.15) is 5.75 Å². The van der Waals surface area contributed by atoms with Gasteiger partial charge in [0.2, 0.25) is 0 Å². The lowest BCUT2D eigenvalue weighted by molar-refractivity contribution is -0.0168. The fourth-order valence-corrected chi connectivity index (χ4v) is 1.85. The van der Waals surface area contributed by atoms with E-state index < -0.39 is 0 Å². The van der Waals surface area contributed by atoms with Crippen molar-refractivity contribution in [1.82, 2.24) is 0 Å². The first-order valence-electron chi connectivity index (χ1n) is 5.43. The molecule has 1 aromatic rings. The molecule has 0 amide bonds. The summed E-state index contributed by atoms with van der Waals surface area (Å²) in [6.07, 6.45) is 3.27. The molecule has 0 aromatic heterocycles. The predicted molar refractivity (Wildman–Crippen MR) is 58.7 cm³/mol. The number of nitrogens with two attached hydrogens (primary N) is 1. The first-order valence-corrected chi connectivity index (χ1v) is 5.43. The van der Waals surface area contributed by atoms with E-state index >= 15 is 0 Å². The van der Waals surface area contributed by atoms with Gasteiger partial charge in [-0.05, 0) is 37.4 Å². The van der Waals surface area contributed by atoms with Gasteiger partial charge in [-0.3, -0.25) is 0 Å². The molecule has 82 valence electrons. The van der Waals surface area contributed by atoms with Gasteiger partial charge in [-0.1, -0.05) is 12.1 Å². The van der Waals surface area contributed by atoms with Gasteiger partial charge in [0, 0.05) is 5.56 Å². The van der Waals surface area contributed by atoms with Gasteiger partial charge in [0.25, 0.3) is 0 Å². The highest BCUT2D eigenvalue weighted by atomic mass is 16.7. The van der Waals surface area contributed by atoms with Crippen LogP contribution in [0.2, 0.25) is 0 Å². The van der Waals surface area contributed by atoms with E-state index in [1.807, 2.05) is 12.1 Å². The quantitative estimate of drug-likeness (QED) is 0.766. The second-order valence-electron chi connectivity index (χ2n) is 3.75. The van der Waals surface area contributed by atoms with Crippen molar-refractivity contribution in [1.29, 1.82) is 0 Å². The van der Waals surface area contributed by atoms with Crippen molar-refractivity contribution >= 4 is 0 Å². The van der Waals surface area contributed by atoms with Gasteiger partial charge in [0.15, 0.2) is 6.79 Å². The summed E-state index contributed by atoms with van der Waals surface area (Å²) >= 11 is 0. The third-order valence-corrected chi connectivity index (χ3v) is 2.67. The van der Waals surface area contributed by atoms with E-state index in [1.54, 1.807) is 0 Å². The molecule has 0 saturated carbocycles. The molecule has 0 bridgehead atoms. The Bertz CT molecular complexity index is 325. The number of unbranched alkanes of at least 4 members (excludes halogenated alkanes) is 1. The minimum atomic E-state index is 0.374. The van der Waals surface area contributed by atoms with Crippen molar-refractivity contribution in [2.75, 3.05) is 13.3 Å². The van der Waals surface area contributed by atoms with Crippen LogP contribution < -0.4 is 10.5 Å². The van der Waals surface area contributed by atoms with Gasteiger partial charge >= 0.3 is 0 Å². The fourth-order valence-electron chi connectivity index (χ4n) is 1.85. The molecule has 15 heavy (non-hydrogen) atoms. The predicted octanol–water partition coefficient (Wildman–Crippen LogP) is 1.83. The SMILES string of the molecule is NCCCCc1cccc2c1COCO2. The summed E-state index contributed by atoms with van der Waals surface area (Å²) in [6.45, 7) is 1.81. The van der Waals surface area contributed by atoms with Crippen molar-refractivity contribution in [2.24, 2.45) is 5.73 Å². The van der Waals surface area contributed by atoms with E-state index in [2.05, 4.69) is 6.07 Å². The molecule has 1 aliphatic rings. The zero-order valence-electron chi connectivity index (χ0n) is 8.87. The van der Waals surface area contributed by atoms with E-state index in [4.69, 9.17) is 15.2 Å². The molecule has 3 heteroatoms. The lowest BCUT2D eigenvalue weighted by Crippen LogP contribution is -2.13. The number of aryl methyl sites for hydroxylation is 1. The van der Waals surface area contributed by atoms with Crippen molar-refractivity contribution in [3.05, 3.63) is 29.3 Å². The second-order valence-corrected chi connectivity index (χ2v) is 3.75. The molecular formula is C12H17NO2. The third kappa shape index (κ3) is 2.49. The maximum absolute atomic E-state index is 5.48. The van der Waals surface area contributed by atoms with E-state index in [-0.39, 0.29) is 0 Å². The summed E-state index contributed by atoms with van der Waals surface area (Å²) in [5.74, 6) is 0.978. The molecule has 2 N–H and O–H groups in total. The third-order valence-electron chi connectivity index (χ3n) is 2.67. The average molecular weight is 207 g/mol. The fraction of sp³-hybridized carbons (Fsp3) is 0.500. The standard InChI is InChI=1S/C12H17NO2/c13-7-2-1-4-10-5-3-6-12-11(10)8-14-9-15-12/h3,5-6H,1-2,4,7-9,13H2. The summed E-state index contributed by atoms with van der Waals surface area (Å²) < 4.78 is 10.7. The van der Waals surface area contributed by atoms with Gasteiger partial charge in [0.05, 0.1) is 6.61 Å². The first-order chi connectivity index (χ1) is 7.42. The number of benzene rings is 1. The average Bonchev–Trinajstić information content (AvgIpc) is 2.30. The molecule has 1 heterocycles. The van der Waals surface area contributed by atoms with Gasteiger partial charge in [-0.25, -0.2) is 0 Å². The van der Waals surface area contributed by atoms with Crippen LogP contribution in [0.5, 0.6) is 5.75 Å². The van der Waals surface area contributed by atoms with E-state index in [0.717, 1.165) is 31.6 Å². The Morgan fingerprint density at radius 3 is 3.07 bits per heavy atom. The van der Waals surface area contributed by atoms with Gasteiger partial charge < -0.3 is 15.2 Å². The highest BCUT2D eigenvalue weighted by Gasteiger charge is 2.13. The Balaban J connectivity index is 2.09. The molecule has 1 aromatic carbocycles. The minimum Gasteiger partial charge on any atom is -0.467 e. The molecule has 0 atom stereocenters. The van der Waals surface area contributed by atoms with Crippen LogP contribution in [-0.2, 0) is 17.8 Å². The Hall–Kier alpha value is -1.06. The lowest BCUT2D eigenvalue weighted by atomic mass is 10.0. The Morgan fingerprint density at radius 1 is 1.27 bits per heavy atom. The smallest absolute Gasteiger partial charge is 0.189 e. The number of ether oxygens (including phenoxy) is 2. The Morgan fingerprint density at radius 2 is 2.20 bits per heavy atom. The van der Waals surface area contributed by atoms with Crippen LogP contribution in [0.15, 0.2) is 18.2 Å². The van der Waals surface area contributed by atoms with Crippen LogP contribution in [0.3, 0.4) is 0 Å². The van der Waals surface area contributed by atoms with Crippen LogP contribution in [0.4, 0.5) is 0 Å². The zero-order chi connectivity index (χ0) is 10.5. The lowest BCUT2D eigenvalue weighted by Gasteiger charge is -2.20. The van der Waals surface area contributed by atoms with Crippen LogP contribution in [0.25, 0.3) is 0 Å². The summed E-state index contributed by atoms with van der Waals surface area (Å²) in [5.41, 5.74) is 8.02. The van der Waals surface area contributed by atoms with Crippen molar-refractivity contribution in [2.45, 2.75) is 25.9 Å². The Labute approximate surface area is 90.2 Å². The first kappa shape index (κ1) is 10.5. The Kier molecular flexibility index (Phi) is 3.59. The summed E-state index contributed by atoms with van der Waals surface area (Å²) in [6, 6.07) is 6.19. The molecule has 0 fully saturated rings. The molecule has 0 aliphatic carbocycles. The van der Waals surface area contributed by atoms with E-state index in [1.165, 1.54) is 11.1 Å². The summed E-state index contributed by atoms with van der Waals surface area (Å²) in [7, 11) is 0. The van der Waals surface area contributed by atoms with Crippen LogP contribution in [0, 0.1) is 0 Å². The van der Waals surface area contributed by atoms with E-state index in [9.17, 15) is 0 Å². The van der Waals surface area contributed by atoms with Crippen LogP contribution >= 0.6 is 0 Å². The topological polar surface area (TPSA) is 44.5 Å². The normalized spacial score (nSPS) is 14.5. The largest absolute Gasteiger partial charge is 0.467 e. The minimum absolute atomic E-state index is 0.374. The molecule has 0 unspecified atom stereocenters. The maximum atomic E-state index is 5.48. The molecule has 0 spiro atoms. The molecule has 3 nitrogen and oxygen atoms in total. The van der Waals surface area contributed by atoms with Crippen molar-refractivity contribution < 1.29 is 9.47 Å². The number of rotatable bonds is 4. The van der Waals surface area contributed by atoms with E-state index in [0.29, 0.717) is 13.4 Å². The molecule has 2 rings (SSSR count). The molecular weight excluding hydrogens is 190 g/mol. The molecule has 0 radical (unpaired) electrons. The van der Waals surface area contributed by atoms with Gasteiger partial charge in [-0.2, -0.15) is 0 Å². The molecule has 0 saturated heterocycles. The zero-order valence-corrected chi connectivity index (χ0v) is 8.87. The number of hydrogen-bond donors (Lipinski definition) is 1.